The van der Waals surface area contributed by atoms with Crippen LogP contribution in [0.4, 0.5) is 15.9 Å². The van der Waals surface area contributed by atoms with Crippen LogP contribution in [0.1, 0.15) is 0 Å². The van der Waals surface area contributed by atoms with Crippen LogP contribution >= 0.6 is 11.8 Å². The molecular formula is C12H11FN4O2S. The van der Waals surface area contributed by atoms with Crippen LogP contribution in [0.3, 0.4) is 0 Å². The van der Waals surface area contributed by atoms with Crippen LogP contribution in [0.15, 0.2) is 40.3 Å². The van der Waals surface area contributed by atoms with Gasteiger partial charge in [-0.05, 0) is 18.2 Å². The number of aromatic nitrogens is 2. The monoisotopic (exact) mass is 294 g/mol. The van der Waals surface area contributed by atoms with Gasteiger partial charge in [0.05, 0.1) is 5.75 Å². The van der Waals surface area contributed by atoms with Crippen LogP contribution in [-0.2, 0) is 4.79 Å². The Balaban J connectivity index is 1.93. The van der Waals surface area contributed by atoms with Gasteiger partial charge in [0.1, 0.15) is 11.6 Å². The van der Waals surface area contributed by atoms with Crippen molar-refractivity contribution in [3.05, 3.63) is 46.5 Å². The molecule has 2 aromatic rings. The summed E-state index contributed by atoms with van der Waals surface area (Å²) in [7, 11) is 0. The van der Waals surface area contributed by atoms with Crippen molar-refractivity contribution in [3.63, 3.8) is 0 Å². The van der Waals surface area contributed by atoms with Crippen LogP contribution in [0.5, 0.6) is 0 Å². The number of nitrogens with one attached hydrogen (secondary N) is 2. The Labute approximate surface area is 117 Å². The molecule has 0 fully saturated rings. The quantitative estimate of drug-likeness (QED) is 0.581. The third kappa shape index (κ3) is 4.09. The third-order valence-electron chi connectivity index (χ3n) is 2.19. The Hall–Kier alpha value is -2.35. The lowest BCUT2D eigenvalue weighted by atomic mass is 10.3. The second-order valence-corrected chi connectivity index (χ2v) is 4.79. The Morgan fingerprint density at radius 1 is 1.45 bits per heavy atom. The lowest BCUT2D eigenvalue weighted by molar-refractivity contribution is -0.113. The number of aromatic amines is 1. The molecule has 1 amide bonds. The average Bonchev–Trinajstić information content (AvgIpc) is 2.35. The smallest absolute Gasteiger partial charge is 0.253 e. The molecule has 1 aromatic carbocycles. The molecule has 0 aliphatic heterocycles. The zero-order valence-corrected chi connectivity index (χ0v) is 11.0. The minimum Gasteiger partial charge on any atom is -0.383 e. The van der Waals surface area contributed by atoms with E-state index >= 15 is 0 Å². The van der Waals surface area contributed by atoms with Gasteiger partial charge in [-0.25, -0.2) is 9.37 Å². The predicted octanol–water partition coefficient (Wildman–Crippen LogP) is 1.22. The van der Waals surface area contributed by atoms with Gasteiger partial charge in [0, 0.05) is 11.8 Å². The number of nitrogen functional groups attached to an aromatic ring is 1. The minimum absolute atomic E-state index is 0.0168. The third-order valence-corrected chi connectivity index (χ3v) is 3.06. The summed E-state index contributed by atoms with van der Waals surface area (Å²) in [6.07, 6.45) is 0. The standard InChI is InChI=1S/C12H11FN4O2S/c13-7-2-1-3-8(4-7)15-11(19)6-20-12-16-9(14)5-10(18)17-12/h1-5H,6H2,(H,15,19)(H3,14,16,17,18). The number of halogens is 1. The summed E-state index contributed by atoms with van der Waals surface area (Å²) in [5, 5.41) is 2.79. The summed E-state index contributed by atoms with van der Waals surface area (Å²) >= 11 is 1.03. The van der Waals surface area contributed by atoms with E-state index in [0.717, 1.165) is 17.8 Å². The number of amides is 1. The molecule has 104 valence electrons. The second kappa shape index (κ2) is 6.20. The van der Waals surface area contributed by atoms with Crippen molar-refractivity contribution in [2.24, 2.45) is 0 Å². The fourth-order valence-corrected chi connectivity index (χ4v) is 2.10. The van der Waals surface area contributed by atoms with E-state index in [2.05, 4.69) is 15.3 Å². The van der Waals surface area contributed by atoms with Crippen LogP contribution in [0, 0.1) is 5.82 Å². The summed E-state index contributed by atoms with van der Waals surface area (Å²) in [6.45, 7) is 0. The van der Waals surface area contributed by atoms with Gasteiger partial charge < -0.3 is 16.0 Å². The molecular weight excluding hydrogens is 283 g/mol. The lowest BCUT2D eigenvalue weighted by Crippen LogP contribution is -2.15. The first kappa shape index (κ1) is 14.1. The van der Waals surface area contributed by atoms with Gasteiger partial charge in [-0.1, -0.05) is 17.8 Å². The molecule has 4 N–H and O–H groups in total. The molecule has 0 saturated heterocycles. The van der Waals surface area contributed by atoms with Gasteiger partial charge in [-0.15, -0.1) is 0 Å². The van der Waals surface area contributed by atoms with Gasteiger partial charge >= 0.3 is 0 Å². The predicted molar refractivity (Wildman–Crippen MR) is 75.0 cm³/mol. The average molecular weight is 294 g/mol. The number of carbonyl (C=O) groups excluding carboxylic acids is 1. The maximum Gasteiger partial charge on any atom is 0.253 e. The number of nitrogens with zero attached hydrogens (tertiary/aromatic N) is 1. The molecule has 0 bridgehead atoms. The first-order valence-corrected chi connectivity index (χ1v) is 6.56. The Morgan fingerprint density at radius 3 is 2.95 bits per heavy atom. The van der Waals surface area contributed by atoms with Gasteiger partial charge in [-0.3, -0.25) is 9.59 Å². The van der Waals surface area contributed by atoms with Crippen LogP contribution in [0.25, 0.3) is 0 Å². The Bertz CT molecular complexity index is 689. The maximum absolute atomic E-state index is 12.9. The van der Waals surface area contributed by atoms with Crippen molar-refractivity contribution in [1.82, 2.24) is 9.97 Å². The molecule has 0 saturated carbocycles. The van der Waals surface area contributed by atoms with E-state index in [1.165, 1.54) is 18.2 Å². The normalized spacial score (nSPS) is 10.2. The van der Waals surface area contributed by atoms with Gasteiger partial charge in [-0.2, -0.15) is 0 Å². The summed E-state index contributed by atoms with van der Waals surface area (Å²) in [4.78, 5) is 29.1. The second-order valence-electron chi connectivity index (χ2n) is 3.82. The number of anilines is 2. The number of hydrogen-bond acceptors (Lipinski definition) is 5. The summed E-state index contributed by atoms with van der Waals surface area (Å²) in [5.41, 5.74) is 5.40. The summed E-state index contributed by atoms with van der Waals surface area (Å²) < 4.78 is 12.9. The number of nitrogens with two attached hydrogens (primary N) is 1. The molecule has 0 atom stereocenters. The van der Waals surface area contributed by atoms with Gasteiger partial charge in [0.2, 0.25) is 5.91 Å². The zero-order chi connectivity index (χ0) is 14.5. The molecule has 6 nitrogen and oxygen atoms in total. The highest BCUT2D eigenvalue weighted by Gasteiger charge is 2.06. The highest BCUT2D eigenvalue weighted by molar-refractivity contribution is 7.99. The number of carbonyl (C=O) groups is 1. The van der Waals surface area contributed by atoms with E-state index in [-0.39, 0.29) is 28.2 Å². The number of rotatable bonds is 4. The molecule has 8 heteroatoms. The van der Waals surface area contributed by atoms with Crippen LogP contribution in [-0.4, -0.2) is 21.6 Å². The largest absolute Gasteiger partial charge is 0.383 e. The van der Waals surface area contributed by atoms with E-state index in [1.54, 1.807) is 6.07 Å². The van der Waals surface area contributed by atoms with E-state index < -0.39 is 5.82 Å². The molecule has 1 heterocycles. The fraction of sp³-hybridized carbons (Fsp3) is 0.0833. The minimum atomic E-state index is -0.433. The highest BCUT2D eigenvalue weighted by Crippen LogP contribution is 2.14. The van der Waals surface area contributed by atoms with Crippen molar-refractivity contribution < 1.29 is 9.18 Å². The van der Waals surface area contributed by atoms with E-state index in [9.17, 15) is 14.0 Å². The summed E-state index contributed by atoms with van der Waals surface area (Å²) in [5.74, 6) is -0.673. The molecule has 0 aliphatic carbocycles. The van der Waals surface area contributed by atoms with E-state index in [1.807, 2.05) is 0 Å². The molecule has 20 heavy (non-hydrogen) atoms. The van der Waals surface area contributed by atoms with Crippen LogP contribution in [0.2, 0.25) is 0 Å². The SMILES string of the molecule is Nc1cc(=O)[nH]c(SCC(=O)Nc2cccc(F)c2)n1. The summed E-state index contributed by atoms with van der Waals surface area (Å²) in [6, 6.07) is 6.72. The zero-order valence-electron chi connectivity index (χ0n) is 10.2. The number of H-pyrrole nitrogens is 1. The van der Waals surface area contributed by atoms with Gasteiger partial charge in [0.25, 0.3) is 5.56 Å². The number of hydrogen-bond donors (Lipinski definition) is 3. The van der Waals surface area contributed by atoms with Crippen molar-refractivity contribution >= 4 is 29.2 Å². The molecule has 2 rings (SSSR count). The van der Waals surface area contributed by atoms with Crippen molar-refractivity contribution in [3.8, 4) is 0 Å². The van der Waals surface area contributed by atoms with E-state index in [4.69, 9.17) is 5.73 Å². The molecule has 1 aromatic heterocycles. The van der Waals surface area contributed by atoms with Crippen LogP contribution < -0.4 is 16.6 Å². The fourth-order valence-electron chi connectivity index (χ4n) is 1.42. The maximum atomic E-state index is 12.9. The Morgan fingerprint density at radius 2 is 2.25 bits per heavy atom. The van der Waals surface area contributed by atoms with E-state index in [0.29, 0.717) is 5.69 Å². The molecule has 0 aliphatic rings. The van der Waals surface area contributed by atoms with Crippen molar-refractivity contribution in [2.45, 2.75) is 5.16 Å². The Kier molecular flexibility index (Phi) is 4.36. The molecule has 0 spiro atoms. The first-order valence-electron chi connectivity index (χ1n) is 5.58. The number of thioether (sulfide) groups is 1. The molecule has 0 unspecified atom stereocenters. The van der Waals surface area contributed by atoms with Crippen molar-refractivity contribution in [2.75, 3.05) is 16.8 Å². The lowest BCUT2D eigenvalue weighted by Gasteiger charge is -2.05. The molecule has 0 radical (unpaired) electrons. The first-order chi connectivity index (χ1) is 9.52. The highest BCUT2D eigenvalue weighted by atomic mass is 32.2. The topological polar surface area (TPSA) is 101 Å². The van der Waals surface area contributed by atoms with Crippen molar-refractivity contribution in [1.29, 1.82) is 0 Å². The van der Waals surface area contributed by atoms with Gasteiger partial charge in [0.15, 0.2) is 5.16 Å². The number of benzene rings is 1.